The molecule has 1 fully saturated rings. The van der Waals surface area contributed by atoms with Crippen LogP contribution in [0.25, 0.3) is 0 Å². The van der Waals surface area contributed by atoms with Gasteiger partial charge in [-0.25, -0.2) is 4.98 Å². The average molecular weight is 261 g/mol. The van der Waals surface area contributed by atoms with Crippen LogP contribution in [-0.4, -0.2) is 27.9 Å². The fourth-order valence-corrected chi connectivity index (χ4v) is 2.89. The van der Waals surface area contributed by atoms with Gasteiger partial charge in [0, 0.05) is 23.3 Å². The molecule has 1 aliphatic rings. The zero-order valence-corrected chi connectivity index (χ0v) is 12.0. The van der Waals surface area contributed by atoms with Gasteiger partial charge >= 0.3 is 0 Å². The predicted molar refractivity (Wildman–Crippen MR) is 77.0 cm³/mol. The van der Waals surface area contributed by atoms with Gasteiger partial charge in [-0.15, -0.1) is 0 Å². The number of aryl methyl sites for hydroxylation is 1. The van der Waals surface area contributed by atoms with Gasteiger partial charge in [0.2, 0.25) is 0 Å². The van der Waals surface area contributed by atoms with Crippen LogP contribution in [0.4, 0.5) is 5.82 Å². The Morgan fingerprint density at radius 1 is 1.37 bits per heavy atom. The normalized spacial score (nSPS) is 23.4. The molecule has 1 aliphatic heterocycles. The number of nitrogen functional groups attached to an aromatic ring is 1. The van der Waals surface area contributed by atoms with Crippen LogP contribution in [0.15, 0.2) is 12.1 Å². The van der Waals surface area contributed by atoms with Gasteiger partial charge in [0.25, 0.3) is 5.91 Å². The van der Waals surface area contributed by atoms with Gasteiger partial charge in [-0.05, 0) is 51.7 Å². The van der Waals surface area contributed by atoms with E-state index in [1.165, 1.54) is 6.42 Å². The topological polar surface area (TPSA) is 59.2 Å². The summed E-state index contributed by atoms with van der Waals surface area (Å²) in [5.74, 6) is 0.517. The van der Waals surface area contributed by atoms with E-state index in [9.17, 15) is 4.79 Å². The molecule has 0 radical (unpaired) electrons. The molecule has 0 spiro atoms. The molecule has 1 saturated heterocycles. The van der Waals surface area contributed by atoms with Crippen molar-refractivity contribution >= 4 is 11.7 Å². The van der Waals surface area contributed by atoms with Gasteiger partial charge in [0.05, 0.1) is 0 Å². The Hall–Kier alpha value is -1.58. The van der Waals surface area contributed by atoms with Crippen LogP contribution < -0.4 is 5.73 Å². The van der Waals surface area contributed by atoms with Crippen LogP contribution in [-0.2, 0) is 6.42 Å². The molecule has 2 N–H and O–H groups in total. The van der Waals surface area contributed by atoms with Gasteiger partial charge < -0.3 is 10.6 Å². The van der Waals surface area contributed by atoms with Crippen molar-refractivity contribution in [2.75, 3.05) is 5.73 Å². The maximum absolute atomic E-state index is 12.7. The Morgan fingerprint density at radius 3 is 2.58 bits per heavy atom. The maximum atomic E-state index is 12.7. The van der Waals surface area contributed by atoms with E-state index >= 15 is 0 Å². The van der Waals surface area contributed by atoms with E-state index in [4.69, 9.17) is 5.73 Å². The van der Waals surface area contributed by atoms with Crippen molar-refractivity contribution < 1.29 is 4.79 Å². The molecule has 0 aliphatic carbocycles. The molecule has 1 aromatic heterocycles. The van der Waals surface area contributed by atoms with Crippen molar-refractivity contribution in [3.05, 3.63) is 23.4 Å². The summed E-state index contributed by atoms with van der Waals surface area (Å²) in [4.78, 5) is 18.9. The molecule has 2 heterocycles. The summed E-state index contributed by atoms with van der Waals surface area (Å²) >= 11 is 0. The van der Waals surface area contributed by atoms with Crippen LogP contribution in [0, 0.1) is 0 Å². The minimum atomic E-state index is 0.0866. The second-order valence-electron chi connectivity index (χ2n) is 5.47. The van der Waals surface area contributed by atoms with E-state index < -0.39 is 0 Å². The smallest absolute Gasteiger partial charge is 0.254 e. The lowest BCUT2D eigenvalue weighted by atomic mass is 9.96. The zero-order chi connectivity index (χ0) is 14.0. The molecule has 1 amide bonds. The number of carbonyl (C=O) groups excluding carboxylic acids is 1. The Balaban J connectivity index is 2.30. The molecule has 4 heteroatoms. The first-order chi connectivity index (χ1) is 9.02. The van der Waals surface area contributed by atoms with Gasteiger partial charge in [-0.2, -0.15) is 0 Å². The molecule has 2 rings (SSSR count). The first-order valence-corrected chi connectivity index (χ1v) is 7.12. The second kappa shape index (κ2) is 5.59. The first kappa shape index (κ1) is 13.8. The molecular formula is C15H23N3O. The summed E-state index contributed by atoms with van der Waals surface area (Å²) in [5, 5.41) is 0. The van der Waals surface area contributed by atoms with Crippen LogP contribution in [0.5, 0.6) is 0 Å². The number of anilines is 1. The third-order valence-electron chi connectivity index (χ3n) is 3.94. The minimum absolute atomic E-state index is 0.0866. The molecule has 4 nitrogen and oxygen atoms in total. The Morgan fingerprint density at radius 2 is 2.00 bits per heavy atom. The highest BCUT2D eigenvalue weighted by Crippen LogP contribution is 2.25. The Kier molecular flexibility index (Phi) is 4.08. The minimum Gasteiger partial charge on any atom is -0.384 e. The average Bonchev–Trinajstić information content (AvgIpc) is 2.37. The summed E-state index contributed by atoms with van der Waals surface area (Å²) in [6.45, 7) is 6.26. The van der Waals surface area contributed by atoms with Crippen molar-refractivity contribution in [1.82, 2.24) is 9.88 Å². The summed E-state index contributed by atoms with van der Waals surface area (Å²) in [6.07, 6.45) is 4.15. The van der Waals surface area contributed by atoms with Gasteiger partial charge in [-0.1, -0.05) is 6.92 Å². The monoisotopic (exact) mass is 261 g/mol. The molecule has 1 aromatic rings. The number of likely N-dealkylation sites (tertiary alicyclic amines) is 1. The van der Waals surface area contributed by atoms with Crippen LogP contribution in [0.2, 0.25) is 0 Å². The molecule has 19 heavy (non-hydrogen) atoms. The number of amides is 1. The number of nitrogens with two attached hydrogens (primary N) is 1. The highest BCUT2D eigenvalue weighted by atomic mass is 16.2. The van der Waals surface area contributed by atoms with Crippen LogP contribution >= 0.6 is 0 Å². The maximum Gasteiger partial charge on any atom is 0.254 e. The van der Waals surface area contributed by atoms with E-state index in [1.54, 1.807) is 6.07 Å². The molecule has 0 aromatic carbocycles. The lowest BCUT2D eigenvalue weighted by Crippen LogP contribution is -2.47. The van der Waals surface area contributed by atoms with Crippen LogP contribution in [0.1, 0.15) is 56.1 Å². The number of rotatable bonds is 2. The number of aromatic nitrogens is 1. The van der Waals surface area contributed by atoms with E-state index in [0.29, 0.717) is 23.5 Å². The summed E-state index contributed by atoms with van der Waals surface area (Å²) in [6, 6.07) is 4.16. The highest BCUT2D eigenvalue weighted by molar-refractivity contribution is 5.95. The summed E-state index contributed by atoms with van der Waals surface area (Å²) < 4.78 is 0. The van der Waals surface area contributed by atoms with Gasteiger partial charge in [0.1, 0.15) is 5.82 Å². The van der Waals surface area contributed by atoms with Crippen molar-refractivity contribution in [3.63, 3.8) is 0 Å². The van der Waals surface area contributed by atoms with Crippen molar-refractivity contribution in [1.29, 1.82) is 0 Å². The molecular weight excluding hydrogens is 238 g/mol. The van der Waals surface area contributed by atoms with E-state index in [-0.39, 0.29) is 5.91 Å². The summed E-state index contributed by atoms with van der Waals surface area (Å²) in [7, 11) is 0. The standard InChI is InChI=1S/C15H23N3O/c1-4-13-8-12(9-14(16)17-13)15(19)18-10(2)6-5-7-11(18)3/h8-11H,4-7H2,1-3H3,(H2,16,17). The molecule has 0 saturated carbocycles. The van der Waals surface area contributed by atoms with Gasteiger partial charge in [0.15, 0.2) is 0 Å². The van der Waals surface area contributed by atoms with E-state index in [2.05, 4.69) is 18.8 Å². The fourth-order valence-electron chi connectivity index (χ4n) is 2.89. The number of pyridine rings is 1. The first-order valence-electron chi connectivity index (χ1n) is 7.12. The molecule has 0 bridgehead atoms. The van der Waals surface area contributed by atoms with Crippen LogP contribution in [0.3, 0.4) is 0 Å². The zero-order valence-electron chi connectivity index (χ0n) is 12.0. The Bertz CT molecular complexity index is 462. The Labute approximate surface area is 115 Å². The van der Waals surface area contributed by atoms with E-state index in [0.717, 1.165) is 25.0 Å². The third kappa shape index (κ3) is 2.88. The fraction of sp³-hybridized carbons (Fsp3) is 0.600. The number of nitrogens with zero attached hydrogens (tertiary/aromatic N) is 2. The number of hydrogen-bond acceptors (Lipinski definition) is 3. The largest absolute Gasteiger partial charge is 0.384 e. The van der Waals surface area contributed by atoms with E-state index in [1.807, 2.05) is 17.9 Å². The molecule has 2 unspecified atom stereocenters. The highest BCUT2D eigenvalue weighted by Gasteiger charge is 2.29. The second-order valence-corrected chi connectivity index (χ2v) is 5.47. The van der Waals surface area contributed by atoms with Crippen molar-refractivity contribution in [3.8, 4) is 0 Å². The lowest BCUT2D eigenvalue weighted by Gasteiger charge is -2.39. The number of hydrogen-bond donors (Lipinski definition) is 1. The molecule has 2 atom stereocenters. The lowest BCUT2D eigenvalue weighted by molar-refractivity contribution is 0.0510. The van der Waals surface area contributed by atoms with Gasteiger partial charge in [-0.3, -0.25) is 4.79 Å². The summed E-state index contributed by atoms with van der Waals surface area (Å²) in [5.41, 5.74) is 7.34. The predicted octanol–water partition coefficient (Wildman–Crippen LogP) is 2.63. The van der Waals surface area contributed by atoms with Crippen molar-refractivity contribution in [2.24, 2.45) is 0 Å². The third-order valence-corrected chi connectivity index (χ3v) is 3.94. The molecule has 104 valence electrons. The quantitative estimate of drug-likeness (QED) is 0.890. The number of carbonyl (C=O) groups is 1. The SMILES string of the molecule is CCc1cc(C(=O)N2C(C)CCCC2C)cc(N)n1. The van der Waals surface area contributed by atoms with Crippen molar-refractivity contribution in [2.45, 2.75) is 58.5 Å². The number of piperidine rings is 1.